The Morgan fingerprint density at radius 2 is 1.77 bits per heavy atom. The van der Waals surface area contributed by atoms with Crippen LogP contribution in [0.3, 0.4) is 0 Å². The lowest BCUT2D eigenvalue weighted by Crippen LogP contribution is -1.68. The minimum atomic E-state index is 0.368. The molecule has 0 fully saturated rings. The number of phenols is 1. The molecule has 0 aliphatic rings. The summed E-state index contributed by atoms with van der Waals surface area (Å²) >= 11 is 0. The molecule has 13 heavy (non-hydrogen) atoms. The molecule has 0 amide bonds. The van der Waals surface area contributed by atoms with Crippen molar-refractivity contribution in [2.24, 2.45) is 0 Å². The number of phenolic OH excluding ortho intramolecular Hbond substituents is 1. The SMILES string of the molecule is Cc1ccccc1O.c1cn[nH]n1. The molecule has 1 aromatic heterocycles. The van der Waals surface area contributed by atoms with E-state index < -0.39 is 0 Å². The van der Waals surface area contributed by atoms with Crippen LogP contribution in [0.15, 0.2) is 36.7 Å². The molecule has 2 N–H and O–H groups in total. The second-order valence-corrected chi connectivity index (χ2v) is 2.44. The molecule has 0 aliphatic carbocycles. The molecule has 0 bridgehead atoms. The number of benzene rings is 1. The van der Waals surface area contributed by atoms with Crippen LogP contribution in [0.2, 0.25) is 0 Å². The molecule has 0 saturated heterocycles. The van der Waals surface area contributed by atoms with E-state index in [0.29, 0.717) is 5.75 Å². The maximum atomic E-state index is 8.92. The van der Waals surface area contributed by atoms with Gasteiger partial charge in [0.1, 0.15) is 5.75 Å². The molecule has 2 rings (SSSR count). The number of nitrogens with zero attached hydrogens (tertiary/aromatic N) is 2. The minimum absolute atomic E-state index is 0.368. The molecule has 1 aromatic carbocycles. The first-order valence-electron chi connectivity index (χ1n) is 3.85. The van der Waals surface area contributed by atoms with Gasteiger partial charge in [-0.15, -0.1) is 0 Å². The molecule has 0 unspecified atom stereocenters. The molecule has 68 valence electrons. The Bertz CT molecular complexity index is 294. The maximum absolute atomic E-state index is 8.92. The summed E-state index contributed by atoms with van der Waals surface area (Å²) in [6, 6.07) is 7.25. The second-order valence-electron chi connectivity index (χ2n) is 2.44. The van der Waals surface area contributed by atoms with Crippen molar-refractivity contribution in [3.8, 4) is 5.75 Å². The summed E-state index contributed by atoms with van der Waals surface area (Å²) in [6.45, 7) is 1.87. The zero-order chi connectivity index (χ0) is 9.52. The van der Waals surface area contributed by atoms with Gasteiger partial charge in [0.15, 0.2) is 0 Å². The summed E-state index contributed by atoms with van der Waals surface area (Å²) in [4.78, 5) is 0. The molecule has 0 radical (unpaired) electrons. The Labute approximate surface area is 76.2 Å². The van der Waals surface area contributed by atoms with Crippen molar-refractivity contribution in [2.75, 3.05) is 0 Å². The van der Waals surface area contributed by atoms with Crippen LogP contribution in [0.4, 0.5) is 0 Å². The highest BCUT2D eigenvalue weighted by atomic mass is 16.3. The third-order valence-electron chi connectivity index (χ3n) is 1.45. The van der Waals surface area contributed by atoms with Gasteiger partial charge in [-0.2, -0.15) is 15.4 Å². The molecule has 0 saturated carbocycles. The van der Waals surface area contributed by atoms with Gasteiger partial charge in [-0.3, -0.25) is 0 Å². The number of aromatic amines is 1. The van der Waals surface area contributed by atoms with E-state index in [1.807, 2.05) is 25.1 Å². The Morgan fingerprint density at radius 3 is 2.08 bits per heavy atom. The van der Waals surface area contributed by atoms with Crippen molar-refractivity contribution in [1.29, 1.82) is 0 Å². The molecular formula is C9H11N3O. The highest BCUT2D eigenvalue weighted by Crippen LogP contribution is 2.12. The first kappa shape index (κ1) is 9.25. The number of hydrogen-bond donors (Lipinski definition) is 2. The van der Waals surface area contributed by atoms with Crippen LogP contribution >= 0.6 is 0 Å². The average molecular weight is 177 g/mol. The van der Waals surface area contributed by atoms with Crippen molar-refractivity contribution < 1.29 is 5.11 Å². The number of H-pyrrole nitrogens is 1. The standard InChI is InChI=1S/C7H8O.C2H3N3/c1-6-4-2-3-5-7(6)8;1-2-4-5-3-1/h2-5,8H,1H3;1-2H,(H,3,4,5). The smallest absolute Gasteiger partial charge is 0.118 e. The van der Waals surface area contributed by atoms with E-state index in [-0.39, 0.29) is 0 Å². The summed E-state index contributed by atoms with van der Waals surface area (Å²) in [6.07, 6.45) is 3.17. The van der Waals surface area contributed by atoms with Gasteiger partial charge in [-0.05, 0) is 18.6 Å². The van der Waals surface area contributed by atoms with Gasteiger partial charge >= 0.3 is 0 Å². The molecule has 2 aromatic rings. The Morgan fingerprint density at radius 1 is 1.15 bits per heavy atom. The van der Waals surface area contributed by atoms with Crippen LogP contribution in [0.1, 0.15) is 5.56 Å². The van der Waals surface area contributed by atoms with E-state index in [1.54, 1.807) is 18.5 Å². The summed E-state index contributed by atoms with van der Waals surface area (Å²) in [7, 11) is 0. The van der Waals surface area contributed by atoms with Crippen LogP contribution in [-0.4, -0.2) is 20.5 Å². The van der Waals surface area contributed by atoms with Gasteiger partial charge < -0.3 is 5.11 Å². The lowest BCUT2D eigenvalue weighted by Gasteiger charge is -1.92. The highest BCUT2D eigenvalue weighted by Gasteiger charge is 1.86. The number of aromatic nitrogens is 3. The number of hydrogen-bond acceptors (Lipinski definition) is 3. The number of aromatic hydroxyl groups is 1. The number of rotatable bonds is 0. The largest absolute Gasteiger partial charge is 0.508 e. The Balaban J connectivity index is 0.000000145. The van der Waals surface area contributed by atoms with Gasteiger partial charge in [0.05, 0.1) is 12.4 Å². The lowest BCUT2D eigenvalue weighted by molar-refractivity contribution is 0.471. The van der Waals surface area contributed by atoms with Crippen molar-refractivity contribution >= 4 is 0 Å². The van der Waals surface area contributed by atoms with Crippen LogP contribution in [0.25, 0.3) is 0 Å². The summed E-state index contributed by atoms with van der Waals surface area (Å²) < 4.78 is 0. The Hall–Kier alpha value is -1.84. The number of nitrogens with one attached hydrogen (secondary N) is 1. The van der Waals surface area contributed by atoms with Crippen LogP contribution in [0, 0.1) is 6.92 Å². The summed E-state index contributed by atoms with van der Waals surface area (Å²) in [5, 5.41) is 18.3. The molecule has 0 aliphatic heterocycles. The third kappa shape index (κ3) is 3.37. The van der Waals surface area contributed by atoms with Crippen LogP contribution < -0.4 is 0 Å². The molecule has 0 spiro atoms. The summed E-state index contributed by atoms with van der Waals surface area (Å²) in [5.74, 6) is 0.368. The van der Waals surface area contributed by atoms with Gasteiger partial charge in [0, 0.05) is 0 Å². The zero-order valence-electron chi connectivity index (χ0n) is 7.31. The third-order valence-corrected chi connectivity index (χ3v) is 1.45. The van der Waals surface area contributed by atoms with E-state index >= 15 is 0 Å². The molecule has 4 nitrogen and oxygen atoms in total. The second kappa shape index (κ2) is 4.92. The predicted octanol–water partition coefficient (Wildman–Crippen LogP) is 1.51. The predicted molar refractivity (Wildman–Crippen MR) is 49.2 cm³/mol. The molecule has 1 heterocycles. The van der Waals surface area contributed by atoms with Crippen LogP contribution in [0.5, 0.6) is 5.75 Å². The van der Waals surface area contributed by atoms with E-state index in [0.717, 1.165) is 5.56 Å². The lowest BCUT2D eigenvalue weighted by atomic mass is 10.2. The van der Waals surface area contributed by atoms with Crippen molar-refractivity contribution in [2.45, 2.75) is 6.92 Å². The normalized spacial score (nSPS) is 8.69. The van der Waals surface area contributed by atoms with E-state index in [4.69, 9.17) is 5.11 Å². The maximum Gasteiger partial charge on any atom is 0.118 e. The average Bonchev–Trinajstić information content (AvgIpc) is 2.68. The molecule has 4 heteroatoms. The molecule has 0 atom stereocenters. The minimum Gasteiger partial charge on any atom is -0.508 e. The van der Waals surface area contributed by atoms with Gasteiger partial charge in [-0.25, -0.2) is 0 Å². The fourth-order valence-electron chi connectivity index (χ4n) is 0.730. The monoisotopic (exact) mass is 177 g/mol. The fraction of sp³-hybridized carbons (Fsp3) is 0.111. The fourth-order valence-corrected chi connectivity index (χ4v) is 0.730. The van der Waals surface area contributed by atoms with E-state index in [2.05, 4.69) is 15.4 Å². The van der Waals surface area contributed by atoms with E-state index in [1.165, 1.54) is 0 Å². The zero-order valence-corrected chi connectivity index (χ0v) is 7.31. The highest BCUT2D eigenvalue weighted by molar-refractivity contribution is 5.29. The van der Waals surface area contributed by atoms with E-state index in [9.17, 15) is 0 Å². The molecular weight excluding hydrogens is 166 g/mol. The van der Waals surface area contributed by atoms with Gasteiger partial charge in [0.25, 0.3) is 0 Å². The van der Waals surface area contributed by atoms with Gasteiger partial charge in [-0.1, -0.05) is 18.2 Å². The first-order chi connectivity index (χ1) is 6.30. The van der Waals surface area contributed by atoms with Gasteiger partial charge in [0.2, 0.25) is 0 Å². The number of para-hydroxylation sites is 1. The van der Waals surface area contributed by atoms with Crippen molar-refractivity contribution in [1.82, 2.24) is 15.4 Å². The Kier molecular flexibility index (Phi) is 3.50. The van der Waals surface area contributed by atoms with Crippen molar-refractivity contribution in [3.05, 3.63) is 42.2 Å². The summed E-state index contributed by atoms with van der Waals surface area (Å²) in [5.41, 5.74) is 0.924. The number of aryl methyl sites for hydroxylation is 1. The first-order valence-corrected chi connectivity index (χ1v) is 3.85. The topological polar surface area (TPSA) is 61.8 Å². The van der Waals surface area contributed by atoms with Crippen molar-refractivity contribution in [3.63, 3.8) is 0 Å². The quantitative estimate of drug-likeness (QED) is 0.641. The van der Waals surface area contributed by atoms with Crippen LogP contribution in [-0.2, 0) is 0 Å².